The van der Waals surface area contributed by atoms with Crippen LogP contribution in [-0.2, 0) is 0 Å². The van der Waals surface area contributed by atoms with Crippen molar-refractivity contribution < 1.29 is 0 Å². The van der Waals surface area contributed by atoms with Crippen molar-refractivity contribution in [1.82, 2.24) is 10.6 Å². The fourth-order valence-corrected chi connectivity index (χ4v) is 2.95. The van der Waals surface area contributed by atoms with E-state index >= 15 is 0 Å². The minimum absolute atomic E-state index is 0.866. The Balaban J connectivity index is 1.69. The van der Waals surface area contributed by atoms with Crippen LogP contribution in [0.15, 0.2) is 0 Å². The van der Waals surface area contributed by atoms with Gasteiger partial charge in [0.1, 0.15) is 0 Å². The van der Waals surface area contributed by atoms with Gasteiger partial charge in [-0.05, 0) is 57.2 Å². The van der Waals surface area contributed by atoms with Crippen LogP contribution in [0.25, 0.3) is 0 Å². The van der Waals surface area contributed by atoms with Crippen molar-refractivity contribution in [2.75, 3.05) is 19.6 Å². The van der Waals surface area contributed by atoms with Crippen LogP contribution in [-0.4, -0.2) is 25.7 Å². The van der Waals surface area contributed by atoms with E-state index in [0.717, 1.165) is 24.4 Å². The Hall–Kier alpha value is -0.0800. The fraction of sp³-hybridized carbons (Fsp3) is 1.00. The summed E-state index contributed by atoms with van der Waals surface area (Å²) in [4.78, 5) is 0. The number of rotatable bonds is 4. The van der Waals surface area contributed by atoms with Crippen LogP contribution in [0.2, 0.25) is 0 Å². The van der Waals surface area contributed by atoms with Crippen LogP contribution in [0.1, 0.15) is 32.6 Å². The highest BCUT2D eigenvalue weighted by Gasteiger charge is 2.33. The van der Waals surface area contributed by atoms with Crippen molar-refractivity contribution in [2.45, 2.75) is 38.6 Å². The van der Waals surface area contributed by atoms with Crippen LogP contribution >= 0.6 is 0 Å². The second-order valence-electron chi connectivity index (χ2n) is 4.69. The van der Waals surface area contributed by atoms with Gasteiger partial charge in [-0.1, -0.05) is 6.92 Å². The molecule has 2 fully saturated rings. The predicted molar refractivity (Wildman–Crippen MR) is 55.8 cm³/mol. The highest BCUT2D eigenvalue weighted by atomic mass is 15.0. The Bertz CT molecular complexity index is 146. The Labute approximate surface area is 81.5 Å². The summed E-state index contributed by atoms with van der Waals surface area (Å²) in [6.45, 7) is 5.83. The fourth-order valence-electron chi connectivity index (χ4n) is 2.95. The molecule has 0 amide bonds. The molecule has 2 bridgehead atoms. The number of nitrogens with one attached hydrogen (secondary N) is 2. The van der Waals surface area contributed by atoms with Crippen LogP contribution in [0.5, 0.6) is 0 Å². The van der Waals surface area contributed by atoms with E-state index in [-0.39, 0.29) is 0 Å². The summed E-state index contributed by atoms with van der Waals surface area (Å²) in [5.41, 5.74) is 0. The quantitative estimate of drug-likeness (QED) is 0.642. The molecule has 0 aromatic carbocycles. The molecule has 1 saturated carbocycles. The van der Waals surface area contributed by atoms with E-state index in [1.54, 1.807) is 0 Å². The molecule has 1 saturated heterocycles. The summed E-state index contributed by atoms with van der Waals surface area (Å²) >= 11 is 0. The normalized spacial score (nSPS) is 38.1. The zero-order valence-corrected chi connectivity index (χ0v) is 8.68. The average molecular weight is 182 g/mol. The molecule has 13 heavy (non-hydrogen) atoms. The summed E-state index contributed by atoms with van der Waals surface area (Å²) in [7, 11) is 0. The Morgan fingerprint density at radius 1 is 1.31 bits per heavy atom. The Morgan fingerprint density at radius 3 is 3.00 bits per heavy atom. The van der Waals surface area contributed by atoms with E-state index in [0.29, 0.717) is 0 Å². The maximum Gasteiger partial charge on any atom is 0.00729 e. The van der Waals surface area contributed by atoms with Gasteiger partial charge in [-0.25, -0.2) is 0 Å². The molecule has 1 aliphatic carbocycles. The van der Waals surface area contributed by atoms with Crippen LogP contribution in [0, 0.1) is 11.8 Å². The van der Waals surface area contributed by atoms with Crippen molar-refractivity contribution in [3.8, 4) is 0 Å². The summed E-state index contributed by atoms with van der Waals surface area (Å²) in [5.74, 6) is 2.00. The summed E-state index contributed by atoms with van der Waals surface area (Å²) in [6.07, 6.45) is 5.76. The molecular formula is C11H22N2. The van der Waals surface area contributed by atoms with Crippen LogP contribution in [0.4, 0.5) is 0 Å². The standard InChI is InChI=1S/C11H22N2/c1-2-12-4-3-9-5-10-7-11(6-9)13-8-10/h9-13H,2-8H2,1H3. The molecule has 0 radical (unpaired) electrons. The van der Waals surface area contributed by atoms with Gasteiger partial charge < -0.3 is 10.6 Å². The molecule has 2 aliphatic rings. The largest absolute Gasteiger partial charge is 0.317 e. The van der Waals surface area contributed by atoms with E-state index in [2.05, 4.69) is 17.6 Å². The van der Waals surface area contributed by atoms with E-state index in [1.807, 2.05) is 0 Å². The van der Waals surface area contributed by atoms with Crippen molar-refractivity contribution in [2.24, 2.45) is 11.8 Å². The lowest BCUT2D eigenvalue weighted by Gasteiger charge is -2.26. The number of hydrogen-bond donors (Lipinski definition) is 2. The zero-order valence-electron chi connectivity index (χ0n) is 8.68. The molecule has 0 aromatic rings. The SMILES string of the molecule is CCNCCC1CC2CNC(C1)C2. The Morgan fingerprint density at radius 2 is 2.23 bits per heavy atom. The van der Waals surface area contributed by atoms with Crippen molar-refractivity contribution in [1.29, 1.82) is 0 Å². The maximum absolute atomic E-state index is 3.62. The van der Waals surface area contributed by atoms with Crippen molar-refractivity contribution >= 4 is 0 Å². The van der Waals surface area contributed by atoms with Gasteiger partial charge in [0.25, 0.3) is 0 Å². The first-order valence-corrected chi connectivity index (χ1v) is 5.82. The molecule has 3 unspecified atom stereocenters. The molecule has 3 atom stereocenters. The molecule has 1 aliphatic heterocycles. The summed E-state index contributed by atoms with van der Waals surface area (Å²) < 4.78 is 0. The summed E-state index contributed by atoms with van der Waals surface area (Å²) in [6, 6.07) is 0.866. The number of hydrogen-bond acceptors (Lipinski definition) is 2. The van der Waals surface area contributed by atoms with Gasteiger partial charge in [-0.15, -0.1) is 0 Å². The monoisotopic (exact) mass is 182 g/mol. The maximum atomic E-state index is 3.62. The second kappa shape index (κ2) is 4.43. The molecule has 2 rings (SSSR count). The molecule has 76 valence electrons. The zero-order chi connectivity index (χ0) is 9.10. The van der Waals surface area contributed by atoms with Crippen LogP contribution in [0.3, 0.4) is 0 Å². The highest BCUT2D eigenvalue weighted by molar-refractivity contribution is 4.90. The minimum Gasteiger partial charge on any atom is -0.317 e. The van der Waals surface area contributed by atoms with Gasteiger partial charge in [0.2, 0.25) is 0 Å². The average Bonchev–Trinajstić information content (AvgIpc) is 2.46. The van der Waals surface area contributed by atoms with Gasteiger partial charge in [-0.2, -0.15) is 0 Å². The third kappa shape index (κ3) is 2.44. The van der Waals surface area contributed by atoms with Crippen molar-refractivity contribution in [3.05, 3.63) is 0 Å². The van der Waals surface area contributed by atoms with Crippen LogP contribution < -0.4 is 10.6 Å². The molecule has 2 heteroatoms. The topological polar surface area (TPSA) is 24.1 Å². The van der Waals surface area contributed by atoms with E-state index in [9.17, 15) is 0 Å². The first-order chi connectivity index (χ1) is 6.38. The smallest absolute Gasteiger partial charge is 0.00729 e. The first kappa shape index (κ1) is 9.47. The van der Waals surface area contributed by atoms with Gasteiger partial charge in [0.05, 0.1) is 0 Å². The Kier molecular flexibility index (Phi) is 3.23. The van der Waals surface area contributed by atoms with Gasteiger partial charge in [-0.3, -0.25) is 0 Å². The predicted octanol–water partition coefficient (Wildman–Crippen LogP) is 1.37. The molecule has 0 spiro atoms. The molecule has 2 N–H and O–H groups in total. The van der Waals surface area contributed by atoms with E-state index in [4.69, 9.17) is 0 Å². The summed E-state index contributed by atoms with van der Waals surface area (Å²) in [5, 5.41) is 7.04. The molecular weight excluding hydrogens is 160 g/mol. The molecule has 2 nitrogen and oxygen atoms in total. The highest BCUT2D eigenvalue weighted by Crippen LogP contribution is 2.34. The van der Waals surface area contributed by atoms with Crippen molar-refractivity contribution in [3.63, 3.8) is 0 Å². The van der Waals surface area contributed by atoms with Gasteiger partial charge >= 0.3 is 0 Å². The number of fused-ring (bicyclic) bond motifs is 2. The lowest BCUT2D eigenvalue weighted by atomic mass is 9.80. The van der Waals surface area contributed by atoms with Gasteiger partial charge in [0, 0.05) is 6.04 Å². The first-order valence-electron chi connectivity index (χ1n) is 5.82. The lowest BCUT2D eigenvalue weighted by molar-refractivity contribution is 0.282. The third-order valence-electron chi connectivity index (χ3n) is 3.58. The van der Waals surface area contributed by atoms with Gasteiger partial charge in [0.15, 0.2) is 0 Å². The molecule has 1 heterocycles. The minimum atomic E-state index is 0.866. The van der Waals surface area contributed by atoms with E-state index < -0.39 is 0 Å². The van der Waals surface area contributed by atoms with E-state index in [1.165, 1.54) is 38.8 Å². The second-order valence-corrected chi connectivity index (χ2v) is 4.69. The molecule has 0 aromatic heterocycles. The third-order valence-corrected chi connectivity index (χ3v) is 3.58. The lowest BCUT2D eigenvalue weighted by Crippen LogP contribution is -2.27.